The molecule has 3 N–H and O–H groups in total. The number of nitrogens with one attached hydrogen (secondary N) is 2. The van der Waals surface area contributed by atoms with E-state index < -0.39 is 0 Å². The Labute approximate surface area is 136 Å². The van der Waals surface area contributed by atoms with Gasteiger partial charge in [-0.3, -0.25) is 4.79 Å². The summed E-state index contributed by atoms with van der Waals surface area (Å²) in [4.78, 5) is 12.5. The molecular weight excluding hydrogens is 288 g/mol. The van der Waals surface area contributed by atoms with Crippen molar-refractivity contribution in [1.82, 2.24) is 10.6 Å². The minimum atomic E-state index is -0.380. The lowest BCUT2D eigenvalue weighted by molar-refractivity contribution is 0.0926. The van der Waals surface area contributed by atoms with Crippen LogP contribution in [0.5, 0.6) is 0 Å². The maximum Gasteiger partial charge on any atom is 0.251 e. The Bertz CT molecular complexity index is 657. The van der Waals surface area contributed by atoms with E-state index in [1.807, 2.05) is 42.5 Å². The second-order valence-electron chi connectivity index (χ2n) is 6.02. The van der Waals surface area contributed by atoms with Crippen molar-refractivity contribution in [3.05, 3.63) is 71.3 Å². The Morgan fingerprint density at radius 3 is 2.57 bits per heavy atom. The highest BCUT2D eigenvalue weighted by atomic mass is 16.3. The van der Waals surface area contributed by atoms with Crippen molar-refractivity contribution in [2.45, 2.75) is 12.5 Å². The molecule has 4 nitrogen and oxygen atoms in total. The van der Waals surface area contributed by atoms with Crippen LogP contribution in [-0.4, -0.2) is 36.8 Å². The molecule has 0 saturated carbocycles. The summed E-state index contributed by atoms with van der Waals surface area (Å²) in [5, 5.41) is 15.9. The van der Waals surface area contributed by atoms with Crippen LogP contribution in [0.4, 0.5) is 0 Å². The summed E-state index contributed by atoms with van der Waals surface area (Å²) in [6.07, 6.45) is 0.354. The average molecular weight is 310 g/mol. The molecule has 1 saturated heterocycles. The van der Waals surface area contributed by atoms with Crippen LogP contribution in [0.15, 0.2) is 54.6 Å². The first-order valence-corrected chi connectivity index (χ1v) is 8.03. The Morgan fingerprint density at radius 1 is 1.09 bits per heavy atom. The molecule has 1 fully saturated rings. The number of carbonyl (C=O) groups is 1. The molecular formula is C19H22N2O2. The van der Waals surface area contributed by atoms with Crippen molar-refractivity contribution in [1.29, 1.82) is 0 Å². The van der Waals surface area contributed by atoms with Crippen molar-refractivity contribution in [3.63, 3.8) is 0 Å². The molecule has 3 rings (SSSR count). The number of hydrogen-bond acceptors (Lipinski definition) is 3. The van der Waals surface area contributed by atoms with Crippen molar-refractivity contribution in [3.8, 4) is 0 Å². The quantitative estimate of drug-likeness (QED) is 0.786. The minimum absolute atomic E-state index is 0.0735. The number of aliphatic hydroxyl groups excluding tert-OH is 1. The van der Waals surface area contributed by atoms with E-state index in [1.165, 1.54) is 5.56 Å². The van der Waals surface area contributed by atoms with Crippen LogP contribution in [0.25, 0.3) is 0 Å². The van der Waals surface area contributed by atoms with Crippen LogP contribution in [-0.2, 0) is 6.42 Å². The van der Waals surface area contributed by atoms with Crippen LogP contribution in [0.3, 0.4) is 0 Å². The van der Waals surface area contributed by atoms with Crippen molar-refractivity contribution < 1.29 is 9.90 Å². The third-order valence-corrected chi connectivity index (χ3v) is 4.33. The van der Waals surface area contributed by atoms with E-state index in [0.29, 0.717) is 18.7 Å². The molecule has 4 heteroatoms. The first kappa shape index (κ1) is 15.7. The molecule has 2 aromatic carbocycles. The molecule has 0 bridgehead atoms. The van der Waals surface area contributed by atoms with Gasteiger partial charge >= 0.3 is 0 Å². The molecule has 0 aromatic heterocycles. The lowest BCUT2D eigenvalue weighted by Crippen LogP contribution is -2.34. The van der Waals surface area contributed by atoms with Crippen molar-refractivity contribution >= 4 is 5.91 Å². The highest BCUT2D eigenvalue weighted by Gasteiger charge is 2.25. The Balaban J connectivity index is 1.68. The topological polar surface area (TPSA) is 61.4 Å². The summed E-state index contributed by atoms with van der Waals surface area (Å²) in [5.74, 6) is 0.0101. The SMILES string of the molecule is O=C(NCC1CNCC1O)c1ccccc1Cc1ccccc1. The molecule has 120 valence electrons. The van der Waals surface area contributed by atoms with Gasteiger partial charge in [0, 0.05) is 31.1 Å². The zero-order valence-corrected chi connectivity index (χ0v) is 13.0. The Morgan fingerprint density at radius 2 is 1.83 bits per heavy atom. The van der Waals surface area contributed by atoms with Crippen molar-refractivity contribution in [2.75, 3.05) is 19.6 Å². The fourth-order valence-corrected chi connectivity index (χ4v) is 2.96. The van der Waals surface area contributed by atoms with Gasteiger partial charge < -0.3 is 15.7 Å². The van der Waals surface area contributed by atoms with Gasteiger partial charge in [-0.15, -0.1) is 0 Å². The summed E-state index contributed by atoms with van der Waals surface area (Å²) in [7, 11) is 0. The molecule has 2 atom stereocenters. The average Bonchev–Trinajstić information content (AvgIpc) is 2.99. The van der Waals surface area contributed by atoms with Crippen LogP contribution in [0, 0.1) is 5.92 Å². The third-order valence-electron chi connectivity index (χ3n) is 4.33. The van der Waals surface area contributed by atoms with Gasteiger partial charge in [0.2, 0.25) is 0 Å². The molecule has 1 amide bonds. The molecule has 1 aliphatic heterocycles. The molecule has 0 spiro atoms. The molecule has 1 aliphatic rings. The van der Waals surface area contributed by atoms with E-state index in [1.54, 1.807) is 0 Å². The maximum atomic E-state index is 12.5. The van der Waals surface area contributed by atoms with Crippen LogP contribution in [0.1, 0.15) is 21.5 Å². The zero-order chi connectivity index (χ0) is 16.1. The van der Waals surface area contributed by atoms with E-state index in [-0.39, 0.29) is 17.9 Å². The maximum absolute atomic E-state index is 12.5. The lowest BCUT2D eigenvalue weighted by atomic mass is 9.99. The molecule has 0 radical (unpaired) electrons. The molecule has 23 heavy (non-hydrogen) atoms. The molecule has 2 aromatic rings. The highest BCUT2D eigenvalue weighted by Crippen LogP contribution is 2.15. The van der Waals surface area contributed by atoms with Gasteiger partial charge in [-0.2, -0.15) is 0 Å². The second kappa shape index (κ2) is 7.40. The van der Waals surface area contributed by atoms with Gasteiger partial charge in [0.1, 0.15) is 0 Å². The van der Waals surface area contributed by atoms with Crippen LogP contribution < -0.4 is 10.6 Å². The highest BCUT2D eigenvalue weighted by molar-refractivity contribution is 5.95. The van der Waals surface area contributed by atoms with E-state index in [9.17, 15) is 9.90 Å². The molecule has 1 heterocycles. The summed E-state index contributed by atoms with van der Waals surface area (Å²) in [5.41, 5.74) is 2.90. The van der Waals surface area contributed by atoms with Gasteiger partial charge in [-0.05, 0) is 23.6 Å². The van der Waals surface area contributed by atoms with E-state index in [0.717, 1.165) is 18.5 Å². The number of amides is 1. The fourth-order valence-electron chi connectivity index (χ4n) is 2.96. The number of aliphatic hydroxyl groups is 1. The van der Waals surface area contributed by atoms with Crippen LogP contribution in [0.2, 0.25) is 0 Å². The van der Waals surface area contributed by atoms with Gasteiger partial charge in [0.25, 0.3) is 5.91 Å². The Kier molecular flexibility index (Phi) is 5.05. The van der Waals surface area contributed by atoms with Gasteiger partial charge in [0.05, 0.1) is 6.10 Å². The van der Waals surface area contributed by atoms with Gasteiger partial charge in [-0.25, -0.2) is 0 Å². The number of carbonyl (C=O) groups excluding carboxylic acids is 1. The largest absolute Gasteiger partial charge is 0.391 e. The summed E-state index contributed by atoms with van der Waals surface area (Å²) >= 11 is 0. The van der Waals surface area contributed by atoms with Crippen LogP contribution >= 0.6 is 0 Å². The van der Waals surface area contributed by atoms with Crippen molar-refractivity contribution in [2.24, 2.45) is 5.92 Å². The van der Waals surface area contributed by atoms with E-state index >= 15 is 0 Å². The fraction of sp³-hybridized carbons (Fsp3) is 0.316. The van der Waals surface area contributed by atoms with Gasteiger partial charge in [0.15, 0.2) is 0 Å². The third kappa shape index (κ3) is 3.97. The monoisotopic (exact) mass is 310 g/mol. The predicted octanol–water partition coefficient (Wildman–Crippen LogP) is 1.59. The summed E-state index contributed by atoms with van der Waals surface area (Å²) in [6, 6.07) is 17.8. The summed E-state index contributed by atoms with van der Waals surface area (Å²) in [6.45, 7) is 1.84. The predicted molar refractivity (Wildman–Crippen MR) is 90.4 cm³/mol. The van der Waals surface area contributed by atoms with Gasteiger partial charge in [-0.1, -0.05) is 48.5 Å². The molecule has 0 aliphatic carbocycles. The smallest absolute Gasteiger partial charge is 0.251 e. The second-order valence-corrected chi connectivity index (χ2v) is 6.02. The lowest BCUT2D eigenvalue weighted by Gasteiger charge is -2.15. The Hall–Kier alpha value is -2.17. The number of benzene rings is 2. The normalized spacial score (nSPS) is 20.4. The minimum Gasteiger partial charge on any atom is -0.391 e. The number of rotatable bonds is 5. The summed E-state index contributed by atoms with van der Waals surface area (Å²) < 4.78 is 0. The number of hydrogen-bond donors (Lipinski definition) is 3. The number of β-amino-alcohol motifs (C(OH)–C–C–N with tert-alkyl or cyclic N) is 1. The standard InChI is InChI=1S/C19H22N2O2/c22-18-13-20-11-16(18)12-21-19(23)17-9-5-4-8-15(17)10-14-6-2-1-3-7-14/h1-9,16,18,20,22H,10-13H2,(H,21,23). The molecule has 2 unspecified atom stereocenters. The first-order chi connectivity index (χ1) is 11.2. The van der Waals surface area contributed by atoms with E-state index in [4.69, 9.17) is 0 Å². The van der Waals surface area contributed by atoms with E-state index in [2.05, 4.69) is 22.8 Å². The first-order valence-electron chi connectivity index (χ1n) is 8.03. The zero-order valence-electron chi connectivity index (χ0n) is 13.0.